The fourth-order valence-electron chi connectivity index (χ4n) is 7.46. The van der Waals surface area contributed by atoms with Crippen molar-refractivity contribution in [3.8, 4) is 6.07 Å². The van der Waals surface area contributed by atoms with Crippen molar-refractivity contribution in [3.63, 3.8) is 0 Å². The van der Waals surface area contributed by atoms with Gasteiger partial charge in [-0.25, -0.2) is 9.78 Å². The van der Waals surface area contributed by atoms with Crippen LogP contribution in [-0.2, 0) is 0 Å². The number of nitriles is 1. The predicted octanol–water partition coefficient (Wildman–Crippen LogP) is 3.89. The van der Waals surface area contributed by atoms with Crippen LogP contribution in [-0.4, -0.2) is 50.4 Å². The minimum atomic E-state index is -0.843. The van der Waals surface area contributed by atoms with Crippen LogP contribution in [0.1, 0.15) is 44.1 Å². The molecule has 4 saturated carbocycles. The molecule has 2 aromatic rings. The van der Waals surface area contributed by atoms with Crippen LogP contribution in [0.15, 0.2) is 18.2 Å². The first-order valence-electron chi connectivity index (χ1n) is 11.2. The molecular formula is C23H26N4O3S. The third-order valence-corrected chi connectivity index (χ3v) is 9.18. The summed E-state index contributed by atoms with van der Waals surface area (Å²) in [5.74, 6) is 1.70. The Balaban J connectivity index is 1.30. The SMILES string of the molecule is N#Cc1ccc2nc(NC3CCN(C(=O)O)[C@@H]3C3C4CC5C[C@H]3C[C@@](O)(C5)C4)sc2c1. The maximum atomic E-state index is 12.1. The second kappa shape index (κ2) is 6.81. The number of hydrogen-bond donors (Lipinski definition) is 3. The van der Waals surface area contributed by atoms with Crippen LogP contribution < -0.4 is 5.32 Å². The Kier molecular flexibility index (Phi) is 4.25. The number of amides is 1. The van der Waals surface area contributed by atoms with E-state index < -0.39 is 11.7 Å². The number of thiazole rings is 1. The number of carbonyl (C=O) groups is 1. The summed E-state index contributed by atoms with van der Waals surface area (Å²) < 4.78 is 0.961. The first-order valence-corrected chi connectivity index (χ1v) is 12.0. The number of rotatable bonds is 3. The molecule has 7 nitrogen and oxygen atoms in total. The number of anilines is 1. The van der Waals surface area contributed by atoms with Gasteiger partial charge in [-0.2, -0.15) is 5.26 Å². The van der Waals surface area contributed by atoms with E-state index in [9.17, 15) is 15.0 Å². The van der Waals surface area contributed by atoms with E-state index in [1.165, 1.54) is 11.3 Å². The van der Waals surface area contributed by atoms with Gasteiger partial charge in [0.25, 0.3) is 0 Å². The number of benzene rings is 1. The minimum Gasteiger partial charge on any atom is -0.465 e. The van der Waals surface area contributed by atoms with Crippen molar-refractivity contribution in [3.05, 3.63) is 23.8 Å². The van der Waals surface area contributed by atoms with E-state index in [1.54, 1.807) is 11.0 Å². The van der Waals surface area contributed by atoms with Crippen LogP contribution in [0.5, 0.6) is 0 Å². The summed E-state index contributed by atoms with van der Waals surface area (Å²) in [6, 6.07) is 7.59. The van der Waals surface area contributed by atoms with Crippen LogP contribution in [0.4, 0.5) is 9.93 Å². The second-order valence-electron chi connectivity index (χ2n) is 10.1. The molecule has 5 fully saturated rings. The summed E-state index contributed by atoms with van der Waals surface area (Å²) in [6.07, 6.45) is 4.73. The largest absolute Gasteiger partial charge is 0.465 e. The lowest BCUT2D eigenvalue weighted by Crippen LogP contribution is -2.61. The van der Waals surface area contributed by atoms with Crippen LogP contribution >= 0.6 is 11.3 Å². The van der Waals surface area contributed by atoms with Gasteiger partial charge in [0.2, 0.25) is 0 Å². The zero-order chi connectivity index (χ0) is 21.3. The lowest BCUT2D eigenvalue weighted by molar-refractivity contribution is -0.162. The van der Waals surface area contributed by atoms with Crippen molar-refractivity contribution in [2.45, 2.75) is 56.2 Å². The molecule has 1 amide bonds. The molecule has 4 unspecified atom stereocenters. The predicted molar refractivity (Wildman–Crippen MR) is 117 cm³/mol. The topological polar surface area (TPSA) is 109 Å². The normalized spacial score (nSPS) is 38.5. The molecule has 4 bridgehead atoms. The summed E-state index contributed by atoms with van der Waals surface area (Å²) in [5, 5.41) is 34.5. The minimum absolute atomic E-state index is 0.0178. The van der Waals surface area contributed by atoms with E-state index in [0.29, 0.717) is 35.8 Å². The summed E-state index contributed by atoms with van der Waals surface area (Å²) >= 11 is 1.52. The molecule has 0 radical (unpaired) electrons. The molecule has 1 aromatic heterocycles. The molecular weight excluding hydrogens is 412 g/mol. The fraction of sp³-hybridized carbons (Fsp3) is 0.609. The van der Waals surface area contributed by atoms with E-state index in [2.05, 4.69) is 11.4 Å². The van der Waals surface area contributed by atoms with Crippen molar-refractivity contribution in [2.24, 2.45) is 23.7 Å². The number of likely N-dealkylation sites (tertiary alicyclic amines) is 1. The molecule has 1 saturated heterocycles. The summed E-state index contributed by atoms with van der Waals surface area (Å²) in [4.78, 5) is 18.5. The van der Waals surface area contributed by atoms with Crippen molar-refractivity contribution in [2.75, 3.05) is 11.9 Å². The van der Waals surface area contributed by atoms with Gasteiger partial charge in [-0.15, -0.1) is 0 Å². The zero-order valence-corrected chi connectivity index (χ0v) is 18.0. The van der Waals surface area contributed by atoms with Gasteiger partial charge >= 0.3 is 6.09 Å². The fourth-order valence-corrected chi connectivity index (χ4v) is 8.43. The maximum absolute atomic E-state index is 12.1. The first-order chi connectivity index (χ1) is 14.9. The van der Waals surface area contributed by atoms with E-state index in [0.717, 1.165) is 53.9 Å². The molecule has 7 rings (SSSR count). The van der Waals surface area contributed by atoms with Crippen LogP contribution in [0.3, 0.4) is 0 Å². The summed E-state index contributed by atoms with van der Waals surface area (Å²) in [6.45, 7) is 0.533. The molecule has 162 valence electrons. The third kappa shape index (κ3) is 3.09. The molecule has 1 aliphatic heterocycles. The highest BCUT2D eigenvalue weighted by Crippen LogP contribution is 2.60. The Labute approximate surface area is 184 Å². The monoisotopic (exact) mass is 438 g/mol. The van der Waals surface area contributed by atoms with Crippen molar-refractivity contribution in [1.82, 2.24) is 9.88 Å². The highest BCUT2D eigenvalue weighted by Gasteiger charge is 2.59. The summed E-state index contributed by atoms with van der Waals surface area (Å²) in [5.41, 5.74) is 0.951. The number of hydrogen-bond acceptors (Lipinski definition) is 6. The number of nitrogens with one attached hydrogen (secondary N) is 1. The van der Waals surface area contributed by atoms with Crippen LogP contribution in [0, 0.1) is 35.0 Å². The smallest absolute Gasteiger partial charge is 0.407 e. The lowest BCUT2D eigenvalue weighted by atomic mass is 9.48. The van der Waals surface area contributed by atoms with Gasteiger partial charge in [-0.3, -0.25) is 0 Å². The summed E-state index contributed by atoms with van der Waals surface area (Å²) in [7, 11) is 0. The van der Waals surface area contributed by atoms with E-state index in [4.69, 9.17) is 10.2 Å². The maximum Gasteiger partial charge on any atom is 0.407 e. The standard InChI is InChI=1S/C23H26N4O3S/c24-11-12-1-2-16-18(7-12)31-21(25-16)26-17-3-4-27(22(28)29)20(17)19-14-5-13-6-15(19)10-23(30,8-13)9-14/h1-2,7,13-15,17,19-20,30H,3-6,8-10H2,(H,25,26)(H,28,29)/t13?,14-,15?,17?,19?,20-,23-/m0/s1. The van der Waals surface area contributed by atoms with E-state index in [1.807, 2.05) is 12.1 Å². The molecule has 5 aliphatic rings. The van der Waals surface area contributed by atoms with Crippen LogP contribution in [0.25, 0.3) is 10.2 Å². The molecule has 1 aromatic carbocycles. The van der Waals surface area contributed by atoms with Gasteiger partial charge in [-0.1, -0.05) is 11.3 Å². The van der Waals surface area contributed by atoms with Crippen LogP contribution in [0.2, 0.25) is 0 Å². The van der Waals surface area contributed by atoms with Gasteiger partial charge in [-0.05, 0) is 80.4 Å². The van der Waals surface area contributed by atoms with Gasteiger partial charge in [0.1, 0.15) is 0 Å². The number of nitrogens with zero attached hydrogens (tertiary/aromatic N) is 3. The van der Waals surface area contributed by atoms with Crippen molar-refractivity contribution in [1.29, 1.82) is 5.26 Å². The van der Waals surface area contributed by atoms with Gasteiger partial charge in [0.05, 0.1) is 39.5 Å². The Bertz CT molecular complexity index is 1080. The molecule has 31 heavy (non-hydrogen) atoms. The highest BCUT2D eigenvalue weighted by atomic mass is 32.1. The molecule has 0 spiro atoms. The Morgan fingerprint density at radius 3 is 2.74 bits per heavy atom. The van der Waals surface area contributed by atoms with Gasteiger partial charge in [0.15, 0.2) is 5.13 Å². The van der Waals surface area contributed by atoms with E-state index in [-0.39, 0.29) is 12.1 Å². The van der Waals surface area contributed by atoms with Crippen molar-refractivity contribution >= 4 is 32.8 Å². The molecule has 3 N–H and O–H groups in total. The highest BCUT2D eigenvalue weighted by molar-refractivity contribution is 7.22. The van der Waals surface area contributed by atoms with E-state index >= 15 is 0 Å². The number of fused-ring (bicyclic) bond motifs is 1. The molecule has 8 heteroatoms. The molecule has 4 aliphatic carbocycles. The Morgan fingerprint density at radius 1 is 1.29 bits per heavy atom. The number of carboxylic acid groups (broad SMARTS) is 1. The number of aliphatic hydroxyl groups is 1. The Morgan fingerprint density at radius 2 is 2.06 bits per heavy atom. The molecule has 7 atom stereocenters. The second-order valence-corrected chi connectivity index (χ2v) is 11.1. The third-order valence-electron chi connectivity index (χ3n) is 8.23. The first kappa shape index (κ1) is 19.3. The average Bonchev–Trinajstić information content (AvgIpc) is 3.30. The van der Waals surface area contributed by atoms with Crippen molar-refractivity contribution < 1.29 is 15.0 Å². The van der Waals surface area contributed by atoms with Gasteiger partial charge < -0.3 is 20.4 Å². The number of aromatic nitrogens is 1. The Hall–Kier alpha value is -2.37. The van der Waals surface area contributed by atoms with Gasteiger partial charge in [0, 0.05) is 6.54 Å². The zero-order valence-electron chi connectivity index (χ0n) is 17.2. The molecule has 2 heterocycles. The average molecular weight is 439 g/mol. The lowest BCUT2D eigenvalue weighted by Gasteiger charge is -2.60. The quantitative estimate of drug-likeness (QED) is 0.671.